The standard InChI is InChI=1S/C18H30N4O/c1-4-13(2)17(19)18(23)21-16-7-11-22(12-8-16)14(3)15-5-9-20-10-6-15/h5-6,9-10,13-14,16-17H,4,7-8,11-12,19H2,1-3H3,(H,21,23). The highest BCUT2D eigenvalue weighted by atomic mass is 16.2. The van der Waals surface area contributed by atoms with E-state index >= 15 is 0 Å². The van der Waals surface area contributed by atoms with Gasteiger partial charge in [0.2, 0.25) is 5.91 Å². The first-order valence-corrected chi connectivity index (χ1v) is 8.72. The summed E-state index contributed by atoms with van der Waals surface area (Å²) < 4.78 is 0. The van der Waals surface area contributed by atoms with Crippen LogP contribution in [0.4, 0.5) is 0 Å². The molecule has 5 heteroatoms. The van der Waals surface area contributed by atoms with Crippen LogP contribution in [0.15, 0.2) is 24.5 Å². The Morgan fingerprint density at radius 1 is 1.35 bits per heavy atom. The van der Waals surface area contributed by atoms with Crippen LogP contribution in [-0.4, -0.2) is 41.0 Å². The van der Waals surface area contributed by atoms with Crippen molar-refractivity contribution in [2.45, 2.75) is 58.2 Å². The van der Waals surface area contributed by atoms with Gasteiger partial charge in [0.15, 0.2) is 0 Å². The van der Waals surface area contributed by atoms with Gasteiger partial charge in [0.05, 0.1) is 6.04 Å². The molecule has 3 unspecified atom stereocenters. The fourth-order valence-corrected chi connectivity index (χ4v) is 3.09. The number of nitrogens with zero attached hydrogens (tertiary/aromatic N) is 2. The second kappa shape index (κ2) is 8.41. The van der Waals surface area contributed by atoms with E-state index in [0.717, 1.165) is 32.4 Å². The summed E-state index contributed by atoms with van der Waals surface area (Å²) in [6, 6.07) is 4.39. The molecule has 0 spiro atoms. The Hall–Kier alpha value is -1.46. The molecule has 1 saturated heterocycles. The lowest BCUT2D eigenvalue weighted by Crippen LogP contribution is -2.51. The summed E-state index contributed by atoms with van der Waals surface area (Å²) in [6.07, 6.45) is 6.57. The van der Waals surface area contributed by atoms with E-state index in [2.05, 4.69) is 41.2 Å². The van der Waals surface area contributed by atoms with Crippen molar-refractivity contribution >= 4 is 5.91 Å². The number of nitrogens with one attached hydrogen (secondary N) is 1. The van der Waals surface area contributed by atoms with Crippen LogP contribution in [0.2, 0.25) is 0 Å². The van der Waals surface area contributed by atoms with Crippen LogP contribution in [0.1, 0.15) is 51.6 Å². The molecular weight excluding hydrogens is 288 g/mol. The third-order valence-corrected chi connectivity index (χ3v) is 5.17. The number of pyridine rings is 1. The van der Waals surface area contributed by atoms with Crippen molar-refractivity contribution in [3.05, 3.63) is 30.1 Å². The Kier molecular flexibility index (Phi) is 6.54. The number of likely N-dealkylation sites (tertiary alicyclic amines) is 1. The van der Waals surface area contributed by atoms with Crippen LogP contribution in [0.3, 0.4) is 0 Å². The summed E-state index contributed by atoms with van der Waals surface area (Å²) in [5, 5.41) is 3.13. The van der Waals surface area contributed by atoms with E-state index in [1.54, 1.807) is 0 Å². The summed E-state index contributed by atoms with van der Waals surface area (Å²) >= 11 is 0. The van der Waals surface area contributed by atoms with Gasteiger partial charge in [-0.1, -0.05) is 20.3 Å². The molecule has 1 fully saturated rings. The predicted octanol–water partition coefficient (Wildman–Crippen LogP) is 2.10. The Balaban J connectivity index is 1.81. The molecule has 3 N–H and O–H groups in total. The smallest absolute Gasteiger partial charge is 0.237 e. The highest BCUT2D eigenvalue weighted by Crippen LogP contribution is 2.23. The van der Waals surface area contributed by atoms with Crippen LogP contribution in [0.5, 0.6) is 0 Å². The summed E-state index contributed by atoms with van der Waals surface area (Å²) in [5.74, 6) is 0.224. The molecule has 0 aliphatic carbocycles. The van der Waals surface area contributed by atoms with Crippen LogP contribution in [0, 0.1) is 5.92 Å². The molecule has 0 saturated carbocycles. The number of nitrogens with two attached hydrogens (primary N) is 1. The Morgan fingerprint density at radius 3 is 2.52 bits per heavy atom. The quantitative estimate of drug-likeness (QED) is 0.842. The van der Waals surface area contributed by atoms with Gasteiger partial charge in [-0.3, -0.25) is 14.7 Å². The third-order valence-electron chi connectivity index (χ3n) is 5.17. The molecule has 128 valence electrons. The maximum absolute atomic E-state index is 12.2. The Bertz CT molecular complexity index is 485. The van der Waals surface area contributed by atoms with Crippen molar-refractivity contribution in [1.82, 2.24) is 15.2 Å². The Morgan fingerprint density at radius 2 is 1.96 bits per heavy atom. The predicted molar refractivity (Wildman–Crippen MR) is 92.8 cm³/mol. The van der Waals surface area contributed by atoms with Crippen molar-refractivity contribution < 1.29 is 4.79 Å². The molecule has 1 amide bonds. The first kappa shape index (κ1) is 17.9. The molecule has 2 rings (SSSR count). The molecular formula is C18H30N4O. The molecule has 1 aromatic heterocycles. The maximum Gasteiger partial charge on any atom is 0.237 e. The topological polar surface area (TPSA) is 71.2 Å². The number of aromatic nitrogens is 1. The minimum Gasteiger partial charge on any atom is -0.352 e. The van der Waals surface area contributed by atoms with Gasteiger partial charge in [0, 0.05) is 37.6 Å². The second-order valence-electron chi connectivity index (χ2n) is 6.69. The zero-order valence-electron chi connectivity index (χ0n) is 14.5. The Labute approximate surface area is 139 Å². The summed E-state index contributed by atoms with van der Waals surface area (Å²) in [6.45, 7) is 8.31. The first-order chi connectivity index (χ1) is 11.0. The lowest BCUT2D eigenvalue weighted by atomic mass is 9.97. The van der Waals surface area contributed by atoms with Crippen LogP contribution < -0.4 is 11.1 Å². The normalized spacial score (nSPS) is 20.7. The van der Waals surface area contributed by atoms with E-state index in [0.29, 0.717) is 6.04 Å². The molecule has 3 atom stereocenters. The van der Waals surface area contributed by atoms with Crippen molar-refractivity contribution in [3.8, 4) is 0 Å². The number of rotatable bonds is 6. The third kappa shape index (κ3) is 4.75. The fourth-order valence-electron chi connectivity index (χ4n) is 3.09. The van der Waals surface area contributed by atoms with Crippen molar-refractivity contribution in [1.29, 1.82) is 0 Å². The molecule has 1 aliphatic rings. The van der Waals surface area contributed by atoms with Gasteiger partial charge in [0.1, 0.15) is 0 Å². The summed E-state index contributed by atoms with van der Waals surface area (Å²) in [5.41, 5.74) is 7.30. The van der Waals surface area contributed by atoms with Gasteiger partial charge in [0.25, 0.3) is 0 Å². The molecule has 2 heterocycles. The molecule has 1 aliphatic heterocycles. The highest BCUT2D eigenvalue weighted by Gasteiger charge is 2.27. The molecule has 23 heavy (non-hydrogen) atoms. The number of hydrogen-bond acceptors (Lipinski definition) is 4. The van der Waals surface area contributed by atoms with Gasteiger partial charge in [-0.25, -0.2) is 0 Å². The average molecular weight is 318 g/mol. The summed E-state index contributed by atoms with van der Waals surface area (Å²) in [7, 11) is 0. The largest absolute Gasteiger partial charge is 0.352 e. The SMILES string of the molecule is CCC(C)C(N)C(=O)NC1CCN(C(C)c2ccncc2)CC1. The van der Waals surface area contributed by atoms with Crippen LogP contribution in [0.25, 0.3) is 0 Å². The van der Waals surface area contributed by atoms with Gasteiger partial charge in [-0.05, 0) is 43.4 Å². The number of piperidine rings is 1. The fraction of sp³-hybridized carbons (Fsp3) is 0.667. The van der Waals surface area contributed by atoms with Gasteiger partial charge < -0.3 is 11.1 Å². The molecule has 0 aromatic carbocycles. The number of amides is 1. The van der Waals surface area contributed by atoms with Crippen LogP contribution >= 0.6 is 0 Å². The zero-order valence-corrected chi connectivity index (χ0v) is 14.5. The van der Waals surface area contributed by atoms with Crippen LogP contribution in [-0.2, 0) is 4.79 Å². The van der Waals surface area contributed by atoms with Crippen molar-refractivity contribution in [2.24, 2.45) is 11.7 Å². The van der Waals surface area contributed by atoms with Gasteiger partial charge in [-0.15, -0.1) is 0 Å². The van der Waals surface area contributed by atoms with Gasteiger partial charge in [-0.2, -0.15) is 0 Å². The zero-order chi connectivity index (χ0) is 16.8. The lowest BCUT2D eigenvalue weighted by molar-refractivity contribution is -0.124. The van der Waals surface area contributed by atoms with Crippen molar-refractivity contribution in [3.63, 3.8) is 0 Å². The van der Waals surface area contributed by atoms with E-state index in [1.165, 1.54) is 5.56 Å². The molecule has 0 radical (unpaired) electrons. The van der Waals surface area contributed by atoms with E-state index in [9.17, 15) is 4.79 Å². The van der Waals surface area contributed by atoms with E-state index in [-0.39, 0.29) is 17.9 Å². The number of carbonyl (C=O) groups excluding carboxylic acids is 1. The van der Waals surface area contributed by atoms with Gasteiger partial charge >= 0.3 is 0 Å². The summed E-state index contributed by atoms with van der Waals surface area (Å²) in [4.78, 5) is 18.7. The van der Waals surface area contributed by atoms with E-state index < -0.39 is 6.04 Å². The first-order valence-electron chi connectivity index (χ1n) is 8.72. The average Bonchev–Trinajstić information content (AvgIpc) is 2.61. The minimum atomic E-state index is -0.395. The van der Waals surface area contributed by atoms with E-state index in [4.69, 9.17) is 5.73 Å². The molecule has 5 nitrogen and oxygen atoms in total. The number of carbonyl (C=O) groups is 1. The van der Waals surface area contributed by atoms with E-state index in [1.807, 2.05) is 19.3 Å². The monoisotopic (exact) mass is 318 g/mol. The van der Waals surface area contributed by atoms with Crippen molar-refractivity contribution in [2.75, 3.05) is 13.1 Å². The highest BCUT2D eigenvalue weighted by molar-refractivity contribution is 5.82. The second-order valence-corrected chi connectivity index (χ2v) is 6.69. The number of hydrogen-bond donors (Lipinski definition) is 2. The lowest BCUT2D eigenvalue weighted by Gasteiger charge is -2.37. The maximum atomic E-state index is 12.2. The minimum absolute atomic E-state index is 0.0000165. The molecule has 1 aromatic rings. The molecule has 0 bridgehead atoms.